The van der Waals surface area contributed by atoms with E-state index >= 15 is 0 Å². The smallest absolute Gasteiger partial charge is 0.252 e. The predicted octanol–water partition coefficient (Wildman–Crippen LogP) is 1.86. The van der Waals surface area contributed by atoms with Crippen LogP contribution in [0.2, 0.25) is 0 Å². The quantitative estimate of drug-likeness (QED) is 0.735. The normalized spacial score (nSPS) is 11.7. The monoisotopic (exact) mass is 302 g/mol. The van der Waals surface area contributed by atoms with Crippen molar-refractivity contribution in [2.75, 3.05) is 26.8 Å². The second kappa shape index (κ2) is 7.60. The molecule has 0 atom stereocenters. The molecule has 1 rings (SSSR count). The molecule has 0 amide bonds. The Labute approximate surface area is 118 Å². The fourth-order valence-corrected chi connectivity index (χ4v) is 4.41. The van der Waals surface area contributed by atoms with Crippen LogP contribution >= 0.6 is 11.3 Å². The van der Waals surface area contributed by atoms with Gasteiger partial charge in [-0.25, -0.2) is 8.42 Å². The summed E-state index contributed by atoms with van der Waals surface area (Å²) in [6, 6.07) is 5.43. The van der Waals surface area contributed by atoms with Crippen LogP contribution in [0.3, 0.4) is 0 Å². The van der Waals surface area contributed by atoms with Crippen LogP contribution < -0.4 is 0 Å². The van der Waals surface area contributed by atoms with E-state index in [1.54, 1.807) is 6.07 Å². The van der Waals surface area contributed by atoms with Crippen molar-refractivity contribution in [3.05, 3.63) is 17.0 Å². The number of rotatable bonds is 8. The Morgan fingerprint density at radius 2 is 2.16 bits per heavy atom. The van der Waals surface area contributed by atoms with Crippen LogP contribution in [0, 0.1) is 11.3 Å². The first kappa shape index (κ1) is 16.1. The fourth-order valence-electron chi connectivity index (χ4n) is 1.53. The van der Waals surface area contributed by atoms with E-state index in [0.29, 0.717) is 10.8 Å². The number of hydrogen-bond donors (Lipinski definition) is 0. The molecule has 0 aliphatic heterocycles. The molecule has 0 bridgehead atoms. The average molecular weight is 302 g/mol. The fraction of sp³-hybridized carbons (Fsp3) is 0.583. The van der Waals surface area contributed by atoms with Crippen LogP contribution in [0.5, 0.6) is 0 Å². The number of thiophene rings is 1. The van der Waals surface area contributed by atoms with E-state index in [4.69, 9.17) is 10.00 Å². The summed E-state index contributed by atoms with van der Waals surface area (Å²) in [7, 11) is -1.99. The summed E-state index contributed by atoms with van der Waals surface area (Å²) in [5.74, 6) is 0. The van der Waals surface area contributed by atoms with Gasteiger partial charge in [0.2, 0.25) is 0 Å². The number of nitrogens with zero attached hydrogens (tertiary/aromatic N) is 2. The third-order valence-corrected chi connectivity index (χ3v) is 6.19. The molecule has 19 heavy (non-hydrogen) atoms. The van der Waals surface area contributed by atoms with Crippen LogP contribution in [0.4, 0.5) is 0 Å². The molecule has 0 saturated carbocycles. The number of sulfonamides is 1. The van der Waals surface area contributed by atoms with E-state index < -0.39 is 10.0 Å². The van der Waals surface area contributed by atoms with Gasteiger partial charge in [0.15, 0.2) is 0 Å². The third kappa shape index (κ3) is 4.28. The highest BCUT2D eigenvalue weighted by Crippen LogP contribution is 2.25. The molecule has 106 valence electrons. The van der Waals surface area contributed by atoms with Crippen LogP contribution in [0.25, 0.3) is 0 Å². The SMILES string of the molecule is CCc1ccc(S(=O)(=O)N(CCC#N)CCOC)s1. The molecule has 0 radical (unpaired) electrons. The van der Waals surface area contributed by atoms with Gasteiger partial charge in [-0.3, -0.25) is 0 Å². The Kier molecular flexibility index (Phi) is 6.45. The first-order chi connectivity index (χ1) is 9.06. The van der Waals surface area contributed by atoms with Gasteiger partial charge >= 0.3 is 0 Å². The third-order valence-electron chi connectivity index (χ3n) is 2.60. The second-order valence-electron chi connectivity index (χ2n) is 3.88. The van der Waals surface area contributed by atoms with Gasteiger partial charge < -0.3 is 4.74 Å². The molecule has 1 aromatic heterocycles. The minimum absolute atomic E-state index is 0.176. The Bertz CT molecular complexity index is 531. The van der Waals surface area contributed by atoms with E-state index in [0.717, 1.165) is 11.3 Å². The predicted molar refractivity (Wildman–Crippen MR) is 74.6 cm³/mol. The molecule has 0 N–H and O–H groups in total. The van der Waals surface area contributed by atoms with Crippen molar-refractivity contribution in [3.8, 4) is 6.07 Å². The van der Waals surface area contributed by atoms with Gasteiger partial charge in [0.05, 0.1) is 12.7 Å². The molecular formula is C12H18N2O3S2. The Balaban J connectivity index is 2.94. The largest absolute Gasteiger partial charge is 0.383 e. The van der Waals surface area contributed by atoms with Gasteiger partial charge in [0, 0.05) is 31.5 Å². The number of aryl methyl sites for hydroxylation is 1. The standard InChI is InChI=1S/C12H18N2O3S2/c1-3-11-5-6-12(18-11)19(15,16)14(8-4-7-13)9-10-17-2/h5-6H,3-4,8-10H2,1-2H3. The lowest BCUT2D eigenvalue weighted by atomic mass is 10.4. The maximum atomic E-state index is 12.4. The molecule has 0 saturated heterocycles. The Morgan fingerprint density at radius 3 is 2.68 bits per heavy atom. The first-order valence-electron chi connectivity index (χ1n) is 6.01. The summed E-state index contributed by atoms with van der Waals surface area (Å²) in [5.41, 5.74) is 0. The maximum absolute atomic E-state index is 12.4. The van der Waals surface area contributed by atoms with E-state index in [9.17, 15) is 8.42 Å². The molecule has 0 spiro atoms. The lowest BCUT2D eigenvalue weighted by molar-refractivity contribution is 0.179. The highest BCUT2D eigenvalue weighted by Gasteiger charge is 2.25. The highest BCUT2D eigenvalue weighted by atomic mass is 32.2. The van der Waals surface area contributed by atoms with Gasteiger partial charge in [-0.2, -0.15) is 9.57 Å². The lowest BCUT2D eigenvalue weighted by Gasteiger charge is -2.19. The van der Waals surface area contributed by atoms with E-state index in [1.165, 1.54) is 22.8 Å². The second-order valence-corrected chi connectivity index (χ2v) is 7.21. The Hall–Kier alpha value is -0.940. The molecule has 0 fully saturated rings. The number of ether oxygens (including phenoxy) is 1. The molecule has 1 heterocycles. The average Bonchev–Trinajstić information content (AvgIpc) is 2.88. The molecule has 0 aliphatic rings. The molecular weight excluding hydrogens is 284 g/mol. The molecule has 0 aromatic carbocycles. The van der Waals surface area contributed by atoms with E-state index in [2.05, 4.69) is 0 Å². The van der Waals surface area contributed by atoms with Crippen molar-refractivity contribution in [2.24, 2.45) is 0 Å². The Morgan fingerprint density at radius 1 is 1.42 bits per heavy atom. The zero-order valence-corrected chi connectivity index (χ0v) is 12.8. The molecule has 7 heteroatoms. The van der Waals surface area contributed by atoms with Crippen LogP contribution in [-0.2, 0) is 21.2 Å². The van der Waals surface area contributed by atoms with Crippen molar-refractivity contribution in [1.29, 1.82) is 5.26 Å². The van der Waals surface area contributed by atoms with Crippen molar-refractivity contribution in [1.82, 2.24) is 4.31 Å². The topological polar surface area (TPSA) is 70.4 Å². The van der Waals surface area contributed by atoms with Gasteiger partial charge in [-0.1, -0.05) is 6.92 Å². The summed E-state index contributed by atoms with van der Waals surface area (Å²) < 4.78 is 31.5. The summed E-state index contributed by atoms with van der Waals surface area (Å²) in [4.78, 5) is 1.03. The molecule has 0 aliphatic carbocycles. The summed E-state index contributed by atoms with van der Waals surface area (Å²) >= 11 is 1.28. The number of nitriles is 1. The van der Waals surface area contributed by atoms with Crippen LogP contribution in [0.15, 0.2) is 16.3 Å². The zero-order chi connectivity index (χ0) is 14.3. The highest BCUT2D eigenvalue weighted by molar-refractivity contribution is 7.91. The minimum Gasteiger partial charge on any atom is -0.383 e. The van der Waals surface area contributed by atoms with Crippen LogP contribution in [0.1, 0.15) is 18.2 Å². The van der Waals surface area contributed by atoms with E-state index in [1.807, 2.05) is 19.1 Å². The van der Waals surface area contributed by atoms with Gasteiger partial charge in [0.1, 0.15) is 4.21 Å². The minimum atomic E-state index is -3.51. The van der Waals surface area contributed by atoms with Gasteiger partial charge in [-0.05, 0) is 18.6 Å². The summed E-state index contributed by atoms with van der Waals surface area (Å²) in [5, 5.41) is 8.62. The van der Waals surface area contributed by atoms with Gasteiger partial charge in [0.25, 0.3) is 10.0 Å². The van der Waals surface area contributed by atoms with Crippen molar-refractivity contribution >= 4 is 21.4 Å². The number of hydrogen-bond acceptors (Lipinski definition) is 5. The van der Waals surface area contributed by atoms with Crippen molar-refractivity contribution in [3.63, 3.8) is 0 Å². The summed E-state index contributed by atoms with van der Waals surface area (Å²) in [6.45, 7) is 2.76. The summed E-state index contributed by atoms with van der Waals surface area (Å²) in [6.07, 6.45) is 0.991. The van der Waals surface area contributed by atoms with Crippen LogP contribution in [-0.4, -0.2) is 39.5 Å². The van der Waals surface area contributed by atoms with Crippen molar-refractivity contribution < 1.29 is 13.2 Å². The van der Waals surface area contributed by atoms with E-state index in [-0.39, 0.29) is 19.5 Å². The first-order valence-corrected chi connectivity index (χ1v) is 8.26. The van der Waals surface area contributed by atoms with Crippen molar-refractivity contribution in [2.45, 2.75) is 24.0 Å². The van der Waals surface area contributed by atoms with Gasteiger partial charge in [-0.15, -0.1) is 11.3 Å². The zero-order valence-electron chi connectivity index (χ0n) is 11.1. The molecule has 0 unspecified atom stereocenters. The lowest BCUT2D eigenvalue weighted by Crippen LogP contribution is -2.34. The molecule has 5 nitrogen and oxygen atoms in total. The molecule has 1 aromatic rings. The maximum Gasteiger partial charge on any atom is 0.252 e. The number of methoxy groups -OCH3 is 1.